The number of ether oxygens (including phenoxy) is 1. The van der Waals surface area contributed by atoms with Crippen LogP contribution in [-0.4, -0.2) is 5.30 Å². The fraction of sp³-hybridized carbons (Fsp3) is 0.273. The molecule has 0 unspecified atom stereocenters. The van der Waals surface area contributed by atoms with Gasteiger partial charge in [0.25, 0.3) is 0 Å². The van der Waals surface area contributed by atoms with Gasteiger partial charge >= 0.3 is 5.30 Å². The van der Waals surface area contributed by atoms with Gasteiger partial charge in [-0.05, 0) is 30.3 Å². The van der Waals surface area contributed by atoms with E-state index in [1.165, 1.54) is 0 Å². The van der Waals surface area contributed by atoms with Crippen LogP contribution < -0.4 is 0 Å². The number of benzene rings is 1. The van der Waals surface area contributed by atoms with Crippen molar-refractivity contribution in [3.63, 3.8) is 0 Å². The second-order valence-electron chi connectivity index (χ2n) is 2.74. The van der Waals surface area contributed by atoms with Crippen LogP contribution in [0.3, 0.4) is 0 Å². The van der Waals surface area contributed by atoms with Crippen LogP contribution in [0.4, 0.5) is 4.79 Å². The number of rotatable bonds is 4. The van der Waals surface area contributed by atoms with Crippen LogP contribution in [0.15, 0.2) is 35.2 Å². The first kappa shape index (κ1) is 11.1. The number of carbonyl (C=O) groups excluding carboxylic acids is 1. The summed E-state index contributed by atoms with van der Waals surface area (Å²) >= 11 is 1.10. The molecule has 0 amide bonds. The third-order valence-electron chi connectivity index (χ3n) is 1.53. The molecule has 0 N–H and O–H groups in total. The summed E-state index contributed by atoms with van der Waals surface area (Å²) in [5, 5.41) is -0.273. The van der Waals surface area contributed by atoms with Crippen molar-refractivity contribution in [3.05, 3.63) is 36.9 Å². The van der Waals surface area contributed by atoms with Gasteiger partial charge in [0.05, 0.1) is 0 Å². The van der Waals surface area contributed by atoms with Crippen molar-refractivity contribution < 1.29 is 9.53 Å². The molecule has 75 valence electrons. The van der Waals surface area contributed by atoms with E-state index in [0.717, 1.165) is 29.5 Å². The van der Waals surface area contributed by atoms with E-state index in [2.05, 4.69) is 0 Å². The van der Waals surface area contributed by atoms with Gasteiger partial charge in [-0.2, -0.15) is 0 Å². The Morgan fingerprint density at radius 3 is 2.79 bits per heavy atom. The standard InChI is InChI=1S/C11H13O2S/c1-2-3-9-13-11(12)14-10-7-5-4-6-8-10/h4-9H,2-3H2,1H3. The van der Waals surface area contributed by atoms with Crippen LogP contribution in [0, 0.1) is 6.61 Å². The third-order valence-corrected chi connectivity index (χ3v) is 2.30. The Bertz CT molecular complexity index is 272. The van der Waals surface area contributed by atoms with Crippen LogP contribution in [0.5, 0.6) is 0 Å². The highest BCUT2D eigenvalue weighted by Gasteiger charge is 2.04. The summed E-state index contributed by atoms with van der Waals surface area (Å²) in [6, 6.07) is 9.47. The summed E-state index contributed by atoms with van der Waals surface area (Å²) < 4.78 is 4.89. The lowest BCUT2D eigenvalue weighted by Gasteiger charge is -2.01. The molecule has 2 nitrogen and oxygen atoms in total. The Labute approximate surface area is 88.7 Å². The quantitative estimate of drug-likeness (QED) is 0.427. The molecule has 14 heavy (non-hydrogen) atoms. The maximum atomic E-state index is 11.2. The second-order valence-corrected chi connectivity index (χ2v) is 3.75. The minimum absolute atomic E-state index is 0.273. The van der Waals surface area contributed by atoms with E-state index >= 15 is 0 Å². The van der Waals surface area contributed by atoms with Gasteiger partial charge in [0.2, 0.25) is 0 Å². The van der Waals surface area contributed by atoms with Crippen molar-refractivity contribution >= 4 is 17.1 Å². The van der Waals surface area contributed by atoms with Gasteiger partial charge in [-0.25, -0.2) is 4.79 Å². The van der Waals surface area contributed by atoms with Gasteiger partial charge in [-0.3, -0.25) is 0 Å². The summed E-state index contributed by atoms with van der Waals surface area (Å²) in [4.78, 5) is 12.1. The Morgan fingerprint density at radius 2 is 2.14 bits per heavy atom. The van der Waals surface area contributed by atoms with Gasteiger partial charge in [-0.15, -0.1) is 0 Å². The van der Waals surface area contributed by atoms with Crippen LogP contribution in [0.25, 0.3) is 0 Å². The minimum atomic E-state index is -0.273. The van der Waals surface area contributed by atoms with E-state index in [1.54, 1.807) is 6.61 Å². The molecule has 0 aromatic heterocycles. The number of unbranched alkanes of at least 4 members (excludes halogenated alkanes) is 1. The molecule has 0 spiro atoms. The summed E-state index contributed by atoms with van der Waals surface area (Å²) in [5.41, 5.74) is 0. The van der Waals surface area contributed by atoms with Crippen LogP contribution in [0.2, 0.25) is 0 Å². The summed E-state index contributed by atoms with van der Waals surface area (Å²) in [7, 11) is 0. The van der Waals surface area contributed by atoms with Crippen molar-refractivity contribution in [2.45, 2.75) is 24.7 Å². The summed E-state index contributed by atoms with van der Waals surface area (Å²) in [6.45, 7) is 3.59. The highest BCUT2D eigenvalue weighted by molar-refractivity contribution is 8.13. The van der Waals surface area contributed by atoms with Crippen molar-refractivity contribution in [1.29, 1.82) is 0 Å². The largest absolute Gasteiger partial charge is 0.450 e. The lowest BCUT2D eigenvalue weighted by atomic mass is 10.4. The zero-order chi connectivity index (χ0) is 10.2. The lowest BCUT2D eigenvalue weighted by molar-refractivity contribution is 0.198. The lowest BCUT2D eigenvalue weighted by Crippen LogP contribution is -1.93. The fourth-order valence-corrected chi connectivity index (χ4v) is 1.46. The maximum Gasteiger partial charge on any atom is 0.372 e. The fourth-order valence-electron chi connectivity index (χ4n) is 0.854. The number of hydrogen-bond acceptors (Lipinski definition) is 3. The molecule has 0 saturated carbocycles. The molecule has 1 rings (SSSR count). The third kappa shape index (κ3) is 4.33. The number of thioether (sulfide) groups is 1. The molecule has 0 saturated heterocycles. The Kier molecular flexibility index (Phi) is 5.15. The van der Waals surface area contributed by atoms with Gasteiger partial charge in [0.15, 0.2) is 0 Å². The van der Waals surface area contributed by atoms with Gasteiger partial charge in [0, 0.05) is 4.90 Å². The summed E-state index contributed by atoms with van der Waals surface area (Å²) in [5.74, 6) is 0. The Hall–Kier alpha value is -0.960. The first-order chi connectivity index (χ1) is 6.83. The van der Waals surface area contributed by atoms with E-state index in [0.29, 0.717) is 0 Å². The molecular formula is C11H13O2S. The highest BCUT2D eigenvalue weighted by Crippen LogP contribution is 2.19. The molecule has 1 aromatic carbocycles. The van der Waals surface area contributed by atoms with Crippen molar-refractivity contribution in [1.82, 2.24) is 0 Å². The molecule has 0 aliphatic heterocycles. The van der Waals surface area contributed by atoms with Crippen LogP contribution >= 0.6 is 11.8 Å². The van der Waals surface area contributed by atoms with Crippen LogP contribution in [0.1, 0.15) is 19.8 Å². The molecule has 3 heteroatoms. The smallest absolute Gasteiger partial charge is 0.372 e. The maximum absolute atomic E-state index is 11.2. The monoisotopic (exact) mass is 209 g/mol. The SMILES string of the molecule is CCC[CH]OC(=O)Sc1ccccc1. The Morgan fingerprint density at radius 1 is 1.43 bits per heavy atom. The zero-order valence-corrected chi connectivity index (χ0v) is 8.92. The molecule has 0 aliphatic carbocycles. The molecule has 0 atom stereocenters. The Balaban J connectivity index is 2.27. The predicted octanol–water partition coefficient (Wildman–Crippen LogP) is 3.88. The zero-order valence-electron chi connectivity index (χ0n) is 8.10. The van der Waals surface area contributed by atoms with E-state index in [-0.39, 0.29) is 5.30 Å². The predicted molar refractivity (Wildman–Crippen MR) is 58.0 cm³/mol. The normalized spacial score (nSPS) is 9.79. The molecule has 1 aromatic rings. The van der Waals surface area contributed by atoms with Crippen molar-refractivity contribution in [2.24, 2.45) is 0 Å². The van der Waals surface area contributed by atoms with Gasteiger partial charge in [-0.1, -0.05) is 31.5 Å². The van der Waals surface area contributed by atoms with Gasteiger partial charge < -0.3 is 4.74 Å². The first-order valence-corrected chi connectivity index (χ1v) is 5.39. The number of carbonyl (C=O) groups is 1. The number of hydrogen-bond donors (Lipinski definition) is 0. The van der Waals surface area contributed by atoms with Crippen molar-refractivity contribution in [2.75, 3.05) is 0 Å². The molecule has 0 aliphatic rings. The van der Waals surface area contributed by atoms with E-state index in [1.807, 2.05) is 37.3 Å². The van der Waals surface area contributed by atoms with E-state index < -0.39 is 0 Å². The average molecular weight is 209 g/mol. The van der Waals surface area contributed by atoms with Crippen LogP contribution in [-0.2, 0) is 4.74 Å². The molecule has 0 fully saturated rings. The highest BCUT2D eigenvalue weighted by atomic mass is 32.2. The van der Waals surface area contributed by atoms with Gasteiger partial charge in [0.1, 0.15) is 6.61 Å². The minimum Gasteiger partial charge on any atom is -0.450 e. The van der Waals surface area contributed by atoms with Crippen molar-refractivity contribution in [3.8, 4) is 0 Å². The molecule has 1 radical (unpaired) electrons. The second kappa shape index (κ2) is 6.49. The average Bonchev–Trinajstić information content (AvgIpc) is 2.20. The van der Waals surface area contributed by atoms with E-state index in [9.17, 15) is 4.79 Å². The summed E-state index contributed by atoms with van der Waals surface area (Å²) in [6.07, 6.45) is 1.80. The molecule has 0 bridgehead atoms. The topological polar surface area (TPSA) is 26.3 Å². The molecular weight excluding hydrogens is 196 g/mol. The van der Waals surface area contributed by atoms with E-state index in [4.69, 9.17) is 4.74 Å². The molecule has 0 heterocycles. The first-order valence-electron chi connectivity index (χ1n) is 4.58.